The quantitative estimate of drug-likeness (QED) is 0.312. The van der Waals surface area contributed by atoms with E-state index in [0.29, 0.717) is 48.1 Å². The number of rotatable bonds is 8. The SMILES string of the molecule is COc1cccc(C(O)=C2C(=O)C(=O)N(CCN3CCOCC3)[C@H]2c2cc3c(c(OC)c2OC)OCO3)c1. The van der Waals surface area contributed by atoms with Crippen LogP contribution in [0.3, 0.4) is 0 Å². The van der Waals surface area contributed by atoms with Crippen LogP contribution in [0.4, 0.5) is 0 Å². The maximum Gasteiger partial charge on any atom is 0.295 e. The maximum absolute atomic E-state index is 13.5. The van der Waals surface area contributed by atoms with Gasteiger partial charge >= 0.3 is 0 Å². The molecule has 0 aromatic heterocycles. The molecule has 0 bridgehead atoms. The highest BCUT2D eigenvalue weighted by Crippen LogP contribution is 2.53. The minimum atomic E-state index is -0.972. The van der Waals surface area contributed by atoms with Crippen molar-refractivity contribution in [3.63, 3.8) is 0 Å². The monoisotopic (exact) mass is 526 g/mol. The number of morpholine rings is 1. The van der Waals surface area contributed by atoms with Crippen molar-refractivity contribution >= 4 is 17.4 Å². The number of Topliss-reactive ketones (excluding diaryl/α,β-unsaturated/α-hetero) is 1. The summed E-state index contributed by atoms with van der Waals surface area (Å²) in [5.74, 6) is -0.0326. The van der Waals surface area contributed by atoms with Crippen molar-refractivity contribution in [1.82, 2.24) is 9.80 Å². The third-order valence-electron chi connectivity index (χ3n) is 6.95. The maximum atomic E-state index is 13.5. The molecule has 11 nitrogen and oxygen atoms in total. The van der Waals surface area contributed by atoms with E-state index in [1.807, 2.05) is 0 Å². The molecule has 2 aromatic rings. The first kappa shape index (κ1) is 25.7. The van der Waals surface area contributed by atoms with E-state index >= 15 is 0 Å². The zero-order chi connectivity index (χ0) is 26.8. The zero-order valence-corrected chi connectivity index (χ0v) is 21.5. The molecule has 2 saturated heterocycles. The Morgan fingerprint density at radius 2 is 1.76 bits per heavy atom. The molecule has 3 aliphatic rings. The minimum Gasteiger partial charge on any atom is -0.507 e. The molecule has 1 N–H and O–H groups in total. The number of aliphatic hydroxyl groups is 1. The smallest absolute Gasteiger partial charge is 0.295 e. The summed E-state index contributed by atoms with van der Waals surface area (Å²) in [5.41, 5.74) is 0.705. The molecular formula is C27H30N2O9. The summed E-state index contributed by atoms with van der Waals surface area (Å²) in [6, 6.07) is 7.36. The van der Waals surface area contributed by atoms with Gasteiger partial charge in [0.05, 0.1) is 46.2 Å². The Kier molecular flexibility index (Phi) is 7.30. The summed E-state index contributed by atoms with van der Waals surface area (Å²) < 4.78 is 33.3. The standard InChI is InChI=1S/C27H30N2O9/c1-33-17-6-4-5-16(13-17)22(30)20-21(18-14-19-25(38-15-37-19)26(35-3)24(18)34-2)29(27(32)23(20)31)8-7-28-9-11-36-12-10-28/h4-6,13-14,21,30H,7-12,15H2,1-3H3/t21-/m0/s1. The molecule has 202 valence electrons. The van der Waals surface area contributed by atoms with Crippen LogP contribution in [-0.2, 0) is 14.3 Å². The molecule has 38 heavy (non-hydrogen) atoms. The van der Waals surface area contributed by atoms with Crippen LogP contribution < -0.4 is 23.7 Å². The second kappa shape index (κ2) is 10.8. The van der Waals surface area contributed by atoms with Gasteiger partial charge in [0.25, 0.3) is 11.7 Å². The van der Waals surface area contributed by atoms with E-state index in [9.17, 15) is 14.7 Å². The molecule has 0 saturated carbocycles. The van der Waals surface area contributed by atoms with Gasteiger partial charge in [0.1, 0.15) is 11.5 Å². The molecule has 3 aliphatic heterocycles. The minimum absolute atomic E-state index is 0.0146. The van der Waals surface area contributed by atoms with Crippen LogP contribution in [0.15, 0.2) is 35.9 Å². The predicted octanol–water partition coefficient (Wildman–Crippen LogP) is 2.19. The van der Waals surface area contributed by atoms with E-state index in [2.05, 4.69) is 4.90 Å². The Bertz CT molecular complexity index is 1270. The van der Waals surface area contributed by atoms with Crippen molar-refractivity contribution in [1.29, 1.82) is 0 Å². The Morgan fingerprint density at radius 3 is 2.47 bits per heavy atom. The second-order valence-corrected chi connectivity index (χ2v) is 8.94. The van der Waals surface area contributed by atoms with Crippen molar-refractivity contribution in [3.05, 3.63) is 47.0 Å². The van der Waals surface area contributed by atoms with Crippen LogP contribution in [0.25, 0.3) is 5.76 Å². The van der Waals surface area contributed by atoms with Gasteiger partial charge < -0.3 is 38.4 Å². The van der Waals surface area contributed by atoms with Crippen molar-refractivity contribution < 1.29 is 43.1 Å². The van der Waals surface area contributed by atoms with Crippen LogP contribution in [-0.4, -0.2) is 94.1 Å². The molecule has 2 fully saturated rings. The van der Waals surface area contributed by atoms with E-state index in [4.69, 9.17) is 28.4 Å². The third-order valence-corrected chi connectivity index (χ3v) is 6.95. The summed E-state index contributed by atoms with van der Waals surface area (Å²) in [6.45, 7) is 3.40. The Labute approximate surface area is 220 Å². The number of methoxy groups -OCH3 is 3. The Balaban J connectivity index is 1.66. The number of likely N-dealkylation sites (tertiary alicyclic amines) is 1. The number of fused-ring (bicyclic) bond motifs is 1. The van der Waals surface area contributed by atoms with Crippen molar-refractivity contribution in [3.8, 4) is 28.7 Å². The average Bonchev–Trinajstić information content (AvgIpc) is 3.52. The van der Waals surface area contributed by atoms with Crippen LogP contribution in [0, 0.1) is 0 Å². The normalized spacial score (nSPS) is 20.6. The highest BCUT2D eigenvalue weighted by atomic mass is 16.7. The predicted molar refractivity (Wildman–Crippen MR) is 135 cm³/mol. The van der Waals surface area contributed by atoms with Crippen LogP contribution in [0.5, 0.6) is 28.7 Å². The Morgan fingerprint density at radius 1 is 1.00 bits per heavy atom. The highest BCUT2D eigenvalue weighted by molar-refractivity contribution is 6.46. The molecule has 1 atom stereocenters. The number of benzene rings is 2. The fraction of sp³-hybridized carbons (Fsp3) is 0.407. The lowest BCUT2D eigenvalue weighted by Crippen LogP contribution is -2.42. The summed E-state index contributed by atoms with van der Waals surface area (Å²) in [4.78, 5) is 30.6. The number of nitrogens with zero attached hydrogens (tertiary/aromatic N) is 2. The summed E-state index contributed by atoms with van der Waals surface area (Å²) >= 11 is 0. The molecule has 0 spiro atoms. The summed E-state index contributed by atoms with van der Waals surface area (Å²) in [6.07, 6.45) is 0. The zero-order valence-electron chi connectivity index (χ0n) is 21.5. The number of hydrogen-bond acceptors (Lipinski definition) is 10. The number of amides is 1. The summed E-state index contributed by atoms with van der Waals surface area (Å²) in [5, 5.41) is 11.4. The second-order valence-electron chi connectivity index (χ2n) is 8.94. The lowest BCUT2D eigenvalue weighted by molar-refractivity contribution is -0.140. The van der Waals surface area contributed by atoms with E-state index in [-0.39, 0.29) is 36.2 Å². The van der Waals surface area contributed by atoms with Gasteiger partial charge in [-0.2, -0.15) is 0 Å². The van der Waals surface area contributed by atoms with Crippen LogP contribution in [0.2, 0.25) is 0 Å². The molecule has 0 unspecified atom stereocenters. The Hall–Kier alpha value is -3.96. The van der Waals surface area contributed by atoms with Crippen molar-refractivity contribution in [2.45, 2.75) is 6.04 Å². The first-order valence-electron chi connectivity index (χ1n) is 12.3. The van der Waals surface area contributed by atoms with Crippen LogP contribution >= 0.6 is 0 Å². The molecule has 5 rings (SSSR count). The van der Waals surface area contributed by atoms with Gasteiger partial charge in [0.2, 0.25) is 18.3 Å². The van der Waals surface area contributed by atoms with Gasteiger partial charge in [-0.1, -0.05) is 12.1 Å². The van der Waals surface area contributed by atoms with E-state index in [1.165, 1.54) is 26.2 Å². The van der Waals surface area contributed by atoms with Crippen molar-refractivity contribution in [2.24, 2.45) is 0 Å². The first-order valence-corrected chi connectivity index (χ1v) is 12.3. The number of hydrogen-bond donors (Lipinski definition) is 1. The van der Waals surface area contributed by atoms with Gasteiger partial charge in [-0.25, -0.2) is 0 Å². The lowest BCUT2D eigenvalue weighted by Gasteiger charge is -2.31. The van der Waals surface area contributed by atoms with E-state index in [1.54, 1.807) is 30.3 Å². The molecule has 11 heteroatoms. The van der Waals surface area contributed by atoms with Gasteiger partial charge in [0.15, 0.2) is 11.5 Å². The number of carbonyl (C=O) groups excluding carboxylic acids is 2. The van der Waals surface area contributed by atoms with Crippen LogP contribution in [0.1, 0.15) is 17.2 Å². The van der Waals surface area contributed by atoms with Gasteiger partial charge in [-0.3, -0.25) is 14.5 Å². The summed E-state index contributed by atoms with van der Waals surface area (Å²) in [7, 11) is 4.44. The van der Waals surface area contributed by atoms with Crippen molar-refractivity contribution in [2.75, 3.05) is 67.5 Å². The largest absolute Gasteiger partial charge is 0.507 e. The number of ketones is 1. The average molecular weight is 527 g/mol. The fourth-order valence-electron chi connectivity index (χ4n) is 5.05. The molecule has 0 aliphatic carbocycles. The topological polar surface area (TPSA) is 116 Å². The number of carbonyl (C=O) groups is 2. The van der Waals surface area contributed by atoms with Gasteiger partial charge in [-0.05, 0) is 18.2 Å². The highest BCUT2D eigenvalue weighted by Gasteiger charge is 2.48. The molecule has 0 radical (unpaired) electrons. The fourth-order valence-corrected chi connectivity index (χ4v) is 5.05. The van der Waals surface area contributed by atoms with Gasteiger partial charge in [-0.15, -0.1) is 0 Å². The van der Waals surface area contributed by atoms with Gasteiger partial charge in [0, 0.05) is 37.3 Å². The molecular weight excluding hydrogens is 496 g/mol. The number of ether oxygens (including phenoxy) is 6. The lowest BCUT2D eigenvalue weighted by atomic mass is 9.93. The molecule has 3 heterocycles. The first-order chi connectivity index (χ1) is 18.5. The third kappa shape index (κ3) is 4.48. The van der Waals surface area contributed by atoms with E-state index < -0.39 is 17.7 Å². The number of aliphatic hydroxyl groups excluding tert-OH is 1. The molecule has 1 amide bonds. The molecule has 2 aromatic carbocycles. The van der Waals surface area contributed by atoms with E-state index in [0.717, 1.165) is 13.1 Å².